The van der Waals surface area contributed by atoms with Gasteiger partial charge in [0.15, 0.2) is 11.5 Å². The number of carbonyl (C=O) groups is 3. The van der Waals surface area contributed by atoms with Gasteiger partial charge in [-0.25, -0.2) is 14.1 Å². The molecule has 0 radical (unpaired) electrons. The van der Waals surface area contributed by atoms with Gasteiger partial charge in [-0.1, -0.05) is 41.9 Å². The Morgan fingerprint density at radius 1 is 1.00 bits per heavy atom. The largest absolute Gasteiger partial charge is 0.490 e. The molecule has 0 aromatic heterocycles. The van der Waals surface area contributed by atoms with Crippen LogP contribution in [-0.4, -0.2) is 24.5 Å². The lowest BCUT2D eigenvalue weighted by Gasteiger charge is -2.26. The van der Waals surface area contributed by atoms with Crippen LogP contribution in [-0.2, 0) is 16.2 Å². The number of imide groups is 2. The summed E-state index contributed by atoms with van der Waals surface area (Å²) >= 11 is 6.46. The molecule has 9 heteroatoms. The van der Waals surface area contributed by atoms with E-state index < -0.39 is 17.8 Å². The maximum Gasteiger partial charge on any atom is 0.335 e. The molecule has 1 heterocycles. The molecule has 1 saturated heterocycles. The van der Waals surface area contributed by atoms with Gasteiger partial charge in [-0.05, 0) is 60.5 Å². The highest BCUT2D eigenvalue weighted by Gasteiger charge is 2.36. The summed E-state index contributed by atoms with van der Waals surface area (Å²) in [7, 11) is 0. The number of urea groups is 1. The van der Waals surface area contributed by atoms with E-state index in [2.05, 4.69) is 5.32 Å². The Hall–Kier alpha value is -4.17. The first-order chi connectivity index (χ1) is 16.9. The van der Waals surface area contributed by atoms with Crippen molar-refractivity contribution in [2.75, 3.05) is 11.5 Å². The molecule has 178 valence electrons. The molecule has 1 N–H and O–H groups in total. The van der Waals surface area contributed by atoms with E-state index in [0.717, 1.165) is 10.5 Å². The van der Waals surface area contributed by atoms with E-state index >= 15 is 0 Å². The summed E-state index contributed by atoms with van der Waals surface area (Å²) in [6.07, 6.45) is 1.33. The second-order valence-electron chi connectivity index (χ2n) is 7.47. The van der Waals surface area contributed by atoms with Crippen LogP contribution >= 0.6 is 11.6 Å². The van der Waals surface area contributed by atoms with Crippen LogP contribution in [0.2, 0.25) is 5.02 Å². The van der Waals surface area contributed by atoms with Gasteiger partial charge in [0.1, 0.15) is 18.0 Å². The van der Waals surface area contributed by atoms with E-state index in [4.69, 9.17) is 21.1 Å². The van der Waals surface area contributed by atoms with Crippen molar-refractivity contribution in [1.29, 1.82) is 0 Å². The van der Waals surface area contributed by atoms with Gasteiger partial charge in [0.2, 0.25) is 0 Å². The zero-order chi connectivity index (χ0) is 24.9. The number of hydrogen-bond donors (Lipinski definition) is 1. The van der Waals surface area contributed by atoms with Gasteiger partial charge < -0.3 is 9.47 Å². The van der Waals surface area contributed by atoms with E-state index in [9.17, 15) is 18.8 Å². The normalized spacial score (nSPS) is 14.8. The van der Waals surface area contributed by atoms with Crippen LogP contribution < -0.4 is 19.7 Å². The summed E-state index contributed by atoms with van der Waals surface area (Å²) in [6, 6.07) is 16.4. The van der Waals surface area contributed by atoms with Gasteiger partial charge in [0.25, 0.3) is 11.8 Å². The quantitative estimate of drug-likeness (QED) is 0.364. The van der Waals surface area contributed by atoms with Crippen molar-refractivity contribution in [1.82, 2.24) is 5.32 Å². The number of nitrogens with one attached hydrogen (secondary N) is 1. The molecule has 4 rings (SSSR count). The number of hydrogen-bond acceptors (Lipinski definition) is 5. The molecule has 1 aliphatic rings. The van der Waals surface area contributed by atoms with Gasteiger partial charge in [0.05, 0.1) is 17.3 Å². The average Bonchev–Trinajstić information content (AvgIpc) is 2.83. The summed E-state index contributed by atoms with van der Waals surface area (Å²) < 4.78 is 24.6. The maximum absolute atomic E-state index is 13.2. The van der Waals surface area contributed by atoms with Crippen molar-refractivity contribution in [3.63, 3.8) is 0 Å². The van der Waals surface area contributed by atoms with Gasteiger partial charge >= 0.3 is 6.03 Å². The number of benzene rings is 3. The maximum atomic E-state index is 13.2. The Labute approximate surface area is 205 Å². The highest BCUT2D eigenvalue weighted by Crippen LogP contribution is 2.38. The summed E-state index contributed by atoms with van der Waals surface area (Å²) in [5, 5.41) is 2.36. The van der Waals surface area contributed by atoms with E-state index in [-0.39, 0.29) is 28.8 Å². The molecule has 0 aliphatic carbocycles. The molecule has 4 amide bonds. The predicted octanol–water partition coefficient (Wildman–Crippen LogP) is 5.12. The van der Waals surface area contributed by atoms with Crippen LogP contribution in [0, 0.1) is 5.82 Å². The lowest BCUT2D eigenvalue weighted by Crippen LogP contribution is -2.54. The van der Waals surface area contributed by atoms with Crippen molar-refractivity contribution in [3.05, 3.63) is 94.3 Å². The first kappa shape index (κ1) is 24.0. The van der Waals surface area contributed by atoms with Crippen LogP contribution in [0.5, 0.6) is 11.5 Å². The Kier molecular flexibility index (Phi) is 7.12. The minimum absolute atomic E-state index is 0.121. The third-order valence-electron chi connectivity index (χ3n) is 5.06. The Bertz CT molecular complexity index is 1310. The van der Waals surface area contributed by atoms with Crippen LogP contribution in [0.15, 0.2) is 72.3 Å². The zero-order valence-corrected chi connectivity index (χ0v) is 19.3. The summed E-state index contributed by atoms with van der Waals surface area (Å²) in [4.78, 5) is 38.8. The standard InChI is InChI=1S/C26H20ClFN2O5/c1-2-34-22-14-17(13-21(27)23(22)35-15-16-8-10-18(28)11-9-16)12-20-24(31)29-26(33)30(25(20)32)19-6-4-3-5-7-19/h3-14H,2,15H2,1H3,(H,29,31,33)/b20-12+. The zero-order valence-electron chi connectivity index (χ0n) is 18.6. The number of amides is 4. The minimum atomic E-state index is -0.832. The van der Waals surface area contributed by atoms with Gasteiger partial charge in [-0.15, -0.1) is 0 Å². The monoisotopic (exact) mass is 494 g/mol. The fourth-order valence-corrected chi connectivity index (χ4v) is 3.72. The smallest absolute Gasteiger partial charge is 0.335 e. The topological polar surface area (TPSA) is 84.9 Å². The average molecular weight is 495 g/mol. The van der Waals surface area contributed by atoms with Crippen molar-refractivity contribution < 1.29 is 28.2 Å². The molecule has 7 nitrogen and oxygen atoms in total. The van der Waals surface area contributed by atoms with Crippen LogP contribution in [0.4, 0.5) is 14.9 Å². The van der Waals surface area contributed by atoms with E-state index in [1.807, 2.05) is 0 Å². The highest BCUT2D eigenvalue weighted by molar-refractivity contribution is 6.39. The van der Waals surface area contributed by atoms with Gasteiger partial charge in [0, 0.05) is 0 Å². The lowest BCUT2D eigenvalue weighted by molar-refractivity contribution is -0.122. The summed E-state index contributed by atoms with van der Waals surface area (Å²) in [6.45, 7) is 2.21. The molecule has 35 heavy (non-hydrogen) atoms. The molecule has 0 spiro atoms. The predicted molar refractivity (Wildman–Crippen MR) is 129 cm³/mol. The number of ether oxygens (including phenoxy) is 2. The molecule has 0 saturated carbocycles. The van der Waals surface area contributed by atoms with Crippen molar-refractivity contribution >= 4 is 41.2 Å². The number of barbiturate groups is 1. The van der Waals surface area contributed by atoms with E-state index in [1.54, 1.807) is 55.5 Å². The van der Waals surface area contributed by atoms with Crippen molar-refractivity contribution in [2.24, 2.45) is 0 Å². The third-order valence-corrected chi connectivity index (χ3v) is 5.34. The molecule has 3 aromatic carbocycles. The number of halogens is 2. The van der Waals surface area contributed by atoms with E-state index in [0.29, 0.717) is 23.6 Å². The van der Waals surface area contributed by atoms with Gasteiger partial charge in [-0.2, -0.15) is 0 Å². The molecular formula is C26H20ClFN2O5. The molecule has 0 bridgehead atoms. The van der Waals surface area contributed by atoms with E-state index in [1.165, 1.54) is 24.3 Å². The summed E-state index contributed by atoms with van der Waals surface area (Å²) in [5.74, 6) is -1.38. The van der Waals surface area contributed by atoms with Crippen LogP contribution in [0.1, 0.15) is 18.1 Å². The molecule has 1 aliphatic heterocycles. The number of para-hydroxylation sites is 1. The first-order valence-corrected chi connectivity index (χ1v) is 11.0. The summed E-state index contributed by atoms with van der Waals surface area (Å²) in [5.41, 5.74) is 1.21. The second kappa shape index (κ2) is 10.4. The van der Waals surface area contributed by atoms with Crippen molar-refractivity contribution in [2.45, 2.75) is 13.5 Å². The third kappa shape index (κ3) is 5.33. The Balaban J connectivity index is 1.65. The fraction of sp³-hybridized carbons (Fsp3) is 0.115. The molecule has 1 fully saturated rings. The number of anilines is 1. The number of nitrogens with zero attached hydrogens (tertiary/aromatic N) is 1. The lowest BCUT2D eigenvalue weighted by atomic mass is 10.1. The fourth-order valence-electron chi connectivity index (χ4n) is 3.45. The Morgan fingerprint density at radius 3 is 2.40 bits per heavy atom. The molecule has 0 unspecified atom stereocenters. The molecule has 0 atom stereocenters. The molecule has 3 aromatic rings. The van der Waals surface area contributed by atoms with Crippen LogP contribution in [0.3, 0.4) is 0 Å². The SMILES string of the molecule is CCOc1cc(/C=C2\C(=O)NC(=O)N(c3ccccc3)C2=O)cc(Cl)c1OCc1ccc(F)cc1. The second-order valence-corrected chi connectivity index (χ2v) is 7.88. The Morgan fingerprint density at radius 2 is 1.71 bits per heavy atom. The van der Waals surface area contributed by atoms with Crippen molar-refractivity contribution in [3.8, 4) is 11.5 Å². The number of rotatable bonds is 7. The minimum Gasteiger partial charge on any atom is -0.490 e. The highest BCUT2D eigenvalue weighted by atomic mass is 35.5. The molecular weight excluding hydrogens is 475 g/mol. The van der Waals surface area contributed by atoms with Crippen LogP contribution in [0.25, 0.3) is 6.08 Å². The van der Waals surface area contributed by atoms with Gasteiger partial charge in [-0.3, -0.25) is 14.9 Å². The number of carbonyl (C=O) groups excluding carboxylic acids is 3. The first-order valence-electron chi connectivity index (χ1n) is 10.7.